The molecule has 11 heteroatoms. The fourth-order valence-corrected chi connectivity index (χ4v) is 3.98. The summed E-state index contributed by atoms with van der Waals surface area (Å²) in [5.41, 5.74) is -0.894. The van der Waals surface area contributed by atoms with Gasteiger partial charge in [0, 0.05) is 29.2 Å². The lowest BCUT2D eigenvalue weighted by Crippen LogP contribution is -2.34. The number of amides is 2. The molecule has 0 spiro atoms. The minimum Gasteiger partial charge on any atom is -0.490 e. The van der Waals surface area contributed by atoms with Crippen molar-refractivity contribution >= 4 is 29.4 Å². The Morgan fingerprint density at radius 1 is 0.914 bits per heavy atom. The quantitative estimate of drug-likeness (QED) is 0.450. The van der Waals surface area contributed by atoms with Crippen LogP contribution < -0.4 is 15.4 Å². The highest BCUT2D eigenvalue weighted by atomic mass is 35.5. The first kappa shape index (κ1) is 26.3. The molecular formula is C24H24ClF3N2O5. The Bertz CT molecular complexity index is 1070. The predicted molar refractivity (Wildman–Crippen MR) is 122 cm³/mol. The first-order chi connectivity index (χ1) is 16.5. The molecule has 2 amide bonds. The number of benzene rings is 2. The number of nitrogens with one attached hydrogen (secondary N) is 2. The first-order valence-electron chi connectivity index (χ1n) is 11.0. The van der Waals surface area contributed by atoms with Gasteiger partial charge >= 0.3 is 12.1 Å². The summed E-state index contributed by atoms with van der Waals surface area (Å²) in [4.78, 5) is 35.5. The lowest BCUT2D eigenvalue weighted by molar-refractivity contribution is -0.143. The van der Waals surface area contributed by atoms with Crippen LogP contribution in [-0.4, -0.2) is 42.1 Å². The molecule has 1 fully saturated rings. The molecular weight excluding hydrogens is 489 g/mol. The van der Waals surface area contributed by atoms with Crippen LogP contribution >= 0.6 is 11.6 Å². The molecule has 0 heterocycles. The molecule has 188 valence electrons. The lowest BCUT2D eigenvalue weighted by Gasteiger charge is -2.26. The molecule has 2 aromatic carbocycles. The Morgan fingerprint density at radius 3 is 2.03 bits per heavy atom. The molecule has 7 nitrogen and oxygen atoms in total. The van der Waals surface area contributed by atoms with Crippen molar-refractivity contribution in [3.63, 3.8) is 0 Å². The summed E-state index contributed by atoms with van der Waals surface area (Å²) in [6, 6.07) is 9.04. The topological polar surface area (TPSA) is 105 Å². The molecule has 0 saturated heterocycles. The SMILES string of the molecule is O=C(NCCNC(=O)c1cc(Cl)cc(C(F)(F)F)c1)c1ccc(O[C@H]2CC[C@@H](C(=O)O)CC2)cc1. The summed E-state index contributed by atoms with van der Waals surface area (Å²) in [6.45, 7) is 0.0565. The van der Waals surface area contributed by atoms with Crippen molar-refractivity contribution in [2.24, 2.45) is 5.92 Å². The third-order valence-electron chi connectivity index (χ3n) is 5.63. The normalized spacial score (nSPS) is 17.9. The highest BCUT2D eigenvalue weighted by molar-refractivity contribution is 6.31. The number of carboxylic acid groups (broad SMARTS) is 1. The van der Waals surface area contributed by atoms with E-state index in [2.05, 4.69) is 10.6 Å². The summed E-state index contributed by atoms with van der Waals surface area (Å²) >= 11 is 5.69. The third kappa shape index (κ3) is 7.61. The van der Waals surface area contributed by atoms with Crippen molar-refractivity contribution in [2.75, 3.05) is 13.1 Å². The average Bonchev–Trinajstić information content (AvgIpc) is 2.81. The van der Waals surface area contributed by atoms with E-state index in [-0.39, 0.29) is 35.7 Å². The van der Waals surface area contributed by atoms with E-state index in [1.54, 1.807) is 24.3 Å². The van der Waals surface area contributed by atoms with Gasteiger partial charge in [-0.05, 0) is 68.1 Å². The summed E-state index contributed by atoms with van der Waals surface area (Å²) < 4.78 is 44.5. The molecule has 0 atom stereocenters. The second kappa shape index (κ2) is 11.4. The largest absolute Gasteiger partial charge is 0.490 e. The van der Waals surface area contributed by atoms with Crippen molar-refractivity contribution in [1.82, 2.24) is 10.6 Å². The Kier molecular flexibility index (Phi) is 8.61. The van der Waals surface area contributed by atoms with Crippen LogP contribution in [-0.2, 0) is 11.0 Å². The van der Waals surface area contributed by atoms with E-state index in [4.69, 9.17) is 21.4 Å². The van der Waals surface area contributed by atoms with Gasteiger partial charge in [0.15, 0.2) is 0 Å². The minimum absolute atomic E-state index is 0.00134. The molecule has 0 radical (unpaired) electrons. The maximum atomic E-state index is 12.9. The van der Waals surface area contributed by atoms with Gasteiger partial charge in [-0.25, -0.2) is 0 Å². The summed E-state index contributed by atoms with van der Waals surface area (Å²) in [5.74, 6) is -1.67. The molecule has 1 saturated carbocycles. The number of hydrogen-bond donors (Lipinski definition) is 3. The van der Waals surface area contributed by atoms with E-state index in [0.717, 1.165) is 12.1 Å². The Hall–Kier alpha value is -3.27. The smallest absolute Gasteiger partial charge is 0.416 e. The summed E-state index contributed by atoms with van der Waals surface area (Å²) in [6.07, 6.45) is -2.26. The van der Waals surface area contributed by atoms with E-state index in [0.29, 0.717) is 43.1 Å². The van der Waals surface area contributed by atoms with E-state index in [1.807, 2.05) is 0 Å². The van der Waals surface area contributed by atoms with Gasteiger partial charge < -0.3 is 20.5 Å². The maximum Gasteiger partial charge on any atom is 0.416 e. The van der Waals surface area contributed by atoms with Crippen molar-refractivity contribution < 1.29 is 37.4 Å². The fourth-order valence-electron chi connectivity index (χ4n) is 3.75. The van der Waals surface area contributed by atoms with Crippen LogP contribution in [0.25, 0.3) is 0 Å². The molecule has 2 aromatic rings. The van der Waals surface area contributed by atoms with E-state index in [1.165, 1.54) is 0 Å². The van der Waals surface area contributed by atoms with Gasteiger partial charge in [-0.15, -0.1) is 0 Å². The molecule has 0 aromatic heterocycles. The van der Waals surface area contributed by atoms with Gasteiger partial charge in [0.2, 0.25) is 0 Å². The Morgan fingerprint density at radius 2 is 1.49 bits per heavy atom. The highest BCUT2D eigenvalue weighted by Gasteiger charge is 2.31. The lowest BCUT2D eigenvalue weighted by atomic mass is 9.87. The van der Waals surface area contributed by atoms with E-state index >= 15 is 0 Å². The van der Waals surface area contributed by atoms with Crippen molar-refractivity contribution in [2.45, 2.75) is 38.0 Å². The molecule has 3 rings (SSSR count). The van der Waals surface area contributed by atoms with Crippen LogP contribution in [0.1, 0.15) is 52.0 Å². The molecule has 1 aliphatic carbocycles. The van der Waals surface area contributed by atoms with Crippen LogP contribution in [0, 0.1) is 5.92 Å². The number of alkyl halides is 3. The first-order valence-corrected chi connectivity index (χ1v) is 11.3. The minimum atomic E-state index is -4.63. The average molecular weight is 513 g/mol. The number of aliphatic carboxylic acids is 1. The van der Waals surface area contributed by atoms with Crippen molar-refractivity contribution in [3.05, 3.63) is 64.2 Å². The molecule has 35 heavy (non-hydrogen) atoms. The number of ether oxygens (including phenoxy) is 1. The number of halogens is 4. The molecule has 3 N–H and O–H groups in total. The van der Waals surface area contributed by atoms with E-state index < -0.39 is 29.5 Å². The van der Waals surface area contributed by atoms with Crippen LogP contribution in [0.4, 0.5) is 13.2 Å². The Labute approximate surface area is 204 Å². The maximum absolute atomic E-state index is 12.9. The molecule has 1 aliphatic rings. The molecule has 0 aliphatic heterocycles. The second-order valence-corrected chi connectivity index (χ2v) is 8.63. The summed E-state index contributed by atoms with van der Waals surface area (Å²) in [7, 11) is 0. The third-order valence-corrected chi connectivity index (χ3v) is 5.84. The fraction of sp³-hybridized carbons (Fsp3) is 0.375. The number of carboxylic acids is 1. The second-order valence-electron chi connectivity index (χ2n) is 8.19. The van der Waals surface area contributed by atoms with Gasteiger partial charge in [-0.3, -0.25) is 14.4 Å². The molecule has 0 bridgehead atoms. The van der Waals surface area contributed by atoms with Crippen LogP contribution in [0.5, 0.6) is 5.75 Å². The highest BCUT2D eigenvalue weighted by Crippen LogP contribution is 2.32. The number of carbonyl (C=O) groups is 3. The van der Waals surface area contributed by atoms with Gasteiger partial charge in [0.1, 0.15) is 5.75 Å². The predicted octanol–water partition coefficient (Wildman–Crippen LogP) is 4.54. The van der Waals surface area contributed by atoms with Crippen LogP contribution in [0.15, 0.2) is 42.5 Å². The van der Waals surface area contributed by atoms with E-state index in [9.17, 15) is 27.6 Å². The number of hydrogen-bond acceptors (Lipinski definition) is 4. The number of rotatable bonds is 8. The monoisotopic (exact) mass is 512 g/mol. The van der Waals surface area contributed by atoms with Crippen LogP contribution in [0.3, 0.4) is 0 Å². The van der Waals surface area contributed by atoms with Gasteiger partial charge in [-0.2, -0.15) is 13.2 Å². The van der Waals surface area contributed by atoms with Gasteiger partial charge in [-0.1, -0.05) is 11.6 Å². The number of carbonyl (C=O) groups excluding carboxylic acids is 2. The summed E-state index contributed by atoms with van der Waals surface area (Å²) in [5, 5.41) is 13.9. The zero-order chi connectivity index (χ0) is 25.6. The Balaban J connectivity index is 1.43. The zero-order valence-electron chi connectivity index (χ0n) is 18.5. The standard InChI is InChI=1S/C24H24ClF3N2O5/c25-18-12-16(11-17(13-18)24(26,27)28)22(32)30-10-9-29-21(31)14-1-5-19(6-2-14)35-20-7-3-15(4-8-20)23(33)34/h1-2,5-6,11-13,15,20H,3-4,7-10H2,(H,29,31)(H,30,32)(H,33,34)/t15-,20+. The van der Waals surface area contributed by atoms with Crippen molar-refractivity contribution in [3.8, 4) is 5.75 Å². The van der Waals surface area contributed by atoms with Gasteiger partial charge in [0.05, 0.1) is 17.6 Å². The molecule has 0 unspecified atom stereocenters. The van der Waals surface area contributed by atoms with Crippen LogP contribution in [0.2, 0.25) is 5.02 Å². The van der Waals surface area contributed by atoms with Crippen molar-refractivity contribution in [1.29, 1.82) is 0 Å². The zero-order valence-corrected chi connectivity index (χ0v) is 19.3. The van der Waals surface area contributed by atoms with Gasteiger partial charge in [0.25, 0.3) is 11.8 Å².